The summed E-state index contributed by atoms with van der Waals surface area (Å²) in [7, 11) is 0. The van der Waals surface area contributed by atoms with Gasteiger partial charge in [-0.1, -0.05) is 12.1 Å². The van der Waals surface area contributed by atoms with Gasteiger partial charge in [0, 0.05) is 6.54 Å². The molecule has 1 atom stereocenters. The maximum Gasteiger partial charge on any atom is 0.323 e. The maximum atomic E-state index is 12.7. The first-order chi connectivity index (χ1) is 12.5. The number of hydrogen-bond acceptors (Lipinski definition) is 6. The monoisotopic (exact) mass is 375 g/mol. The molecular formula is C20H25NO6. The van der Waals surface area contributed by atoms with E-state index in [1.807, 2.05) is 0 Å². The Morgan fingerprint density at radius 3 is 1.93 bits per heavy atom. The number of hydrogen-bond donors (Lipinski definition) is 0. The van der Waals surface area contributed by atoms with E-state index in [2.05, 4.69) is 0 Å². The smallest absolute Gasteiger partial charge is 0.323 e. The van der Waals surface area contributed by atoms with E-state index in [1.165, 1.54) is 6.92 Å². The van der Waals surface area contributed by atoms with Crippen LogP contribution in [0.5, 0.6) is 0 Å². The molecule has 2 rings (SSSR count). The highest BCUT2D eigenvalue weighted by Gasteiger charge is 2.47. The van der Waals surface area contributed by atoms with Gasteiger partial charge in [-0.25, -0.2) is 0 Å². The normalized spacial score (nSPS) is 16.0. The van der Waals surface area contributed by atoms with Crippen molar-refractivity contribution in [2.75, 3.05) is 13.2 Å². The van der Waals surface area contributed by atoms with Gasteiger partial charge >= 0.3 is 11.9 Å². The fraction of sp³-hybridized carbons (Fsp3) is 0.500. The first-order valence-corrected chi connectivity index (χ1v) is 8.87. The van der Waals surface area contributed by atoms with Crippen LogP contribution >= 0.6 is 0 Å². The Balaban J connectivity index is 2.22. The van der Waals surface area contributed by atoms with Gasteiger partial charge in [0.25, 0.3) is 11.8 Å². The van der Waals surface area contributed by atoms with Gasteiger partial charge in [-0.2, -0.15) is 0 Å². The maximum absolute atomic E-state index is 12.7. The van der Waals surface area contributed by atoms with Crippen LogP contribution in [-0.4, -0.2) is 47.4 Å². The predicted octanol–water partition coefficient (Wildman–Crippen LogP) is 2.58. The van der Waals surface area contributed by atoms with Crippen molar-refractivity contribution in [2.45, 2.75) is 46.6 Å². The van der Waals surface area contributed by atoms with E-state index in [1.54, 1.807) is 52.0 Å². The fourth-order valence-corrected chi connectivity index (χ4v) is 2.75. The molecule has 0 N–H and O–H groups in total. The van der Waals surface area contributed by atoms with Gasteiger partial charge < -0.3 is 9.47 Å². The molecule has 0 saturated heterocycles. The number of esters is 2. The summed E-state index contributed by atoms with van der Waals surface area (Å²) < 4.78 is 10.4. The second kappa shape index (κ2) is 7.50. The quantitative estimate of drug-likeness (QED) is 0.431. The molecule has 1 heterocycles. The van der Waals surface area contributed by atoms with Gasteiger partial charge in [-0.3, -0.25) is 24.1 Å². The zero-order valence-electron chi connectivity index (χ0n) is 16.3. The Hall–Kier alpha value is -2.70. The lowest BCUT2D eigenvalue weighted by Gasteiger charge is -2.30. The second-order valence-electron chi connectivity index (χ2n) is 7.61. The van der Waals surface area contributed by atoms with Crippen molar-refractivity contribution in [3.8, 4) is 0 Å². The van der Waals surface area contributed by atoms with Crippen molar-refractivity contribution < 1.29 is 28.7 Å². The van der Waals surface area contributed by atoms with Crippen LogP contribution in [0, 0.1) is 5.41 Å². The molecule has 0 saturated carbocycles. The summed E-state index contributed by atoms with van der Waals surface area (Å²) in [5, 5.41) is 0. The fourth-order valence-electron chi connectivity index (χ4n) is 2.75. The number of amides is 2. The summed E-state index contributed by atoms with van der Waals surface area (Å²) in [6, 6.07) is 6.51. The SMILES string of the molecule is CCOC(=O)[C@](C)(CCN1C(=O)c2ccccc2C1=O)C(=O)OC(C)(C)C. The lowest BCUT2D eigenvalue weighted by Crippen LogP contribution is -2.45. The summed E-state index contributed by atoms with van der Waals surface area (Å²) in [5.74, 6) is -2.36. The first kappa shape index (κ1) is 20.6. The highest BCUT2D eigenvalue weighted by Crippen LogP contribution is 2.30. The molecule has 0 unspecified atom stereocenters. The van der Waals surface area contributed by atoms with Gasteiger partial charge in [0.05, 0.1) is 17.7 Å². The third-order valence-electron chi connectivity index (χ3n) is 4.29. The number of carbonyl (C=O) groups is 4. The summed E-state index contributed by atoms with van der Waals surface area (Å²) in [4.78, 5) is 51.2. The van der Waals surface area contributed by atoms with Crippen LogP contribution in [-0.2, 0) is 19.1 Å². The molecule has 27 heavy (non-hydrogen) atoms. The molecule has 1 aromatic carbocycles. The highest BCUT2D eigenvalue weighted by molar-refractivity contribution is 6.21. The molecule has 2 amide bonds. The van der Waals surface area contributed by atoms with Crippen molar-refractivity contribution in [3.05, 3.63) is 35.4 Å². The molecule has 0 aromatic heterocycles. The summed E-state index contributed by atoms with van der Waals surface area (Å²) >= 11 is 0. The standard InChI is InChI=1S/C20H25NO6/c1-6-26-17(24)20(5,18(25)27-19(2,3)4)11-12-21-15(22)13-9-7-8-10-14(13)16(21)23/h7-10H,6,11-12H2,1-5H3/t20-/m0/s1. The third-order valence-corrected chi connectivity index (χ3v) is 4.29. The van der Waals surface area contributed by atoms with Gasteiger partial charge in [-0.15, -0.1) is 0 Å². The van der Waals surface area contributed by atoms with Crippen molar-refractivity contribution >= 4 is 23.8 Å². The van der Waals surface area contributed by atoms with Crippen LogP contribution in [0.25, 0.3) is 0 Å². The van der Waals surface area contributed by atoms with Gasteiger partial charge in [0.2, 0.25) is 0 Å². The average Bonchev–Trinajstić information content (AvgIpc) is 2.83. The number of imide groups is 1. The van der Waals surface area contributed by atoms with Crippen LogP contribution in [0.15, 0.2) is 24.3 Å². The van der Waals surface area contributed by atoms with Crippen LogP contribution in [0.3, 0.4) is 0 Å². The molecular weight excluding hydrogens is 350 g/mol. The summed E-state index contributed by atoms with van der Waals surface area (Å²) in [5.41, 5.74) is -1.78. The number of fused-ring (bicyclic) bond motifs is 1. The Kier molecular flexibility index (Phi) is 5.73. The second-order valence-corrected chi connectivity index (χ2v) is 7.61. The molecule has 0 radical (unpaired) electrons. The zero-order valence-corrected chi connectivity index (χ0v) is 16.3. The number of rotatable bonds is 6. The molecule has 0 spiro atoms. The van der Waals surface area contributed by atoms with Gasteiger partial charge in [0.15, 0.2) is 5.41 Å². The van der Waals surface area contributed by atoms with E-state index < -0.39 is 34.8 Å². The molecule has 1 aliphatic rings. The van der Waals surface area contributed by atoms with Crippen molar-refractivity contribution in [1.82, 2.24) is 4.90 Å². The van der Waals surface area contributed by atoms with E-state index in [9.17, 15) is 19.2 Å². The summed E-state index contributed by atoms with van der Waals surface area (Å²) in [6.07, 6.45) is -0.0911. The molecule has 0 fully saturated rings. The lowest BCUT2D eigenvalue weighted by molar-refractivity contribution is -0.178. The van der Waals surface area contributed by atoms with Crippen LogP contribution < -0.4 is 0 Å². The van der Waals surface area contributed by atoms with Crippen LogP contribution in [0.2, 0.25) is 0 Å². The molecule has 0 aliphatic carbocycles. The van der Waals surface area contributed by atoms with Crippen molar-refractivity contribution in [3.63, 3.8) is 0 Å². The molecule has 1 aliphatic heterocycles. The first-order valence-electron chi connectivity index (χ1n) is 8.87. The molecule has 0 bridgehead atoms. The Bertz CT molecular complexity index is 744. The molecule has 1 aromatic rings. The summed E-state index contributed by atoms with van der Waals surface area (Å²) in [6.45, 7) is 8.14. The molecule has 146 valence electrons. The van der Waals surface area contributed by atoms with E-state index in [0.29, 0.717) is 11.1 Å². The number of carbonyl (C=O) groups excluding carboxylic acids is 4. The van der Waals surface area contributed by atoms with Gasteiger partial charge in [-0.05, 0) is 53.2 Å². The minimum Gasteiger partial charge on any atom is -0.465 e. The van der Waals surface area contributed by atoms with Crippen LogP contribution in [0.4, 0.5) is 0 Å². The Morgan fingerprint density at radius 2 is 1.48 bits per heavy atom. The van der Waals surface area contributed by atoms with E-state index in [-0.39, 0.29) is 19.6 Å². The number of ether oxygens (including phenoxy) is 2. The van der Waals surface area contributed by atoms with E-state index in [0.717, 1.165) is 4.90 Å². The average molecular weight is 375 g/mol. The lowest BCUT2D eigenvalue weighted by atomic mass is 9.86. The van der Waals surface area contributed by atoms with E-state index >= 15 is 0 Å². The zero-order chi connectivity index (χ0) is 20.4. The minimum atomic E-state index is -1.63. The minimum absolute atomic E-state index is 0.0911. The topological polar surface area (TPSA) is 90.0 Å². The van der Waals surface area contributed by atoms with Crippen LogP contribution in [0.1, 0.15) is 61.8 Å². The third kappa shape index (κ3) is 4.18. The number of nitrogens with zero attached hydrogens (tertiary/aromatic N) is 1. The Morgan fingerprint density at radius 1 is 0.963 bits per heavy atom. The largest absolute Gasteiger partial charge is 0.465 e. The number of benzene rings is 1. The molecule has 7 nitrogen and oxygen atoms in total. The van der Waals surface area contributed by atoms with E-state index in [4.69, 9.17) is 9.47 Å². The highest BCUT2D eigenvalue weighted by atomic mass is 16.6. The van der Waals surface area contributed by atoms with Crippen molar-refractivity contribution in [2.24, 2.45) is 5.41 Å². The Labute approximate surface area is 158 Å². The predicted molar refractivity (Wildman–Crippen MR) is 97.0 cm³/mol. The van der Waals surface area contributed by atoms with Gasteiger partial charge in [0.1, 0.15) is 5.60 Å². The van der Waals surface area contributed by atoms with Crippen molar-refractivity contribution in [1.29, 1.82) is 0 Å². The molecule has 7 heteroatoms.